The van der Waals surface area contributed by atoms with Crippen molar-refractivity contribution >= 4 is 34.6 Å². The van der Waals surface area contributed by atoms with Crippen molar-refractivity contribution in [1.82, 2.24) is 30.5 Å². The van der Waals surface area contributed by atoms with Crippen LogP contribution in [0.3, 0.4) is 0 Å². The lowest BCUT2D eigenvalue weighted by atomic mass is 9.94. The zero-order chi connectivity index (χ0) is 36.8. The highest BCUT2D eigenvalue weighted by Crippen LogP contribution is 2.45. The van der Waals surface area contributed by atoms with Gasteiger partial charge in [-0.15, -0.1) is 0 Å². The summed E-state index contributed by atoms with van der Waals surface area (Å²) in [4.78, 5) is 39.8. The van der Waals surface area contributed by atoms with E-state index in [2.05, 4.69) is 26.6 Å². The first kappa shape index (κ1) is 34.7. The number of aromatic nitrogens is 3. The summed E-state index contributed by atoms with van der Waals surface area (Å²) in [5.74, 6) is -0.315. The Kier molecular flexibility index (Phi) is 9.32. The van der Waals surface area contributed by atoms with E-state index in [0.717, 1.165) is 46.2 Å². The summed E-state index contributed by atoms with van der Waals surface area (Å²) in [6.07, 6.45) is 5.26. The largest absolute Gasteiger partial charge is 0.481 e. The van der Waals surface area contributed by atoms with Crippen LogP contribution in [0.4, 0.5) is 0 Å². The van der Waals surface area contributed by atoms with Crippen molar-refractivity contribution in [2.45, 2.75) is 57.7 Å². The van der Waals surface area contributed by atoms with Gasteiger partial charge in [0.2, 0.25) is 17.7 Å². The first-order valence-corrected chi connectivity index (χ1v) is 18.2. The number of rotatable bonds is 10. The number of carbonyl (C=O) groups is 2. The van der Waals surface area contributed by atoms with E-state index in [0.29, 0.717) is 95.8 Å². The molecule has 0 unspecified atom stereocenters. The van der Waals surface area contributed by atoms with Gasteiger partial charge in [0, 0.05) is 49.3 Å². The van der Waals surface area contributed by atoms with Gasteiger partial charge in [0.25, 0.3) is 0 Å². The van der Waals surface area contributed by atoms with Gasteiger partial charge in [-0.1, -0.05) is 41.9 Å². The van der Waals surface area contributed by atoms with Crippen LogP contribution >= 0.6 is 11.6 Å². The maximum Gasteiger partial charge on any atom is 0.307 e. The number of nitrogens with zero attached hydrogens (tertiary/aromatic N) is 5. The summed E-state index contributed by atoms with van der Waals surface area (Å²) >= 11 is 7.17. The second-order valence-corrected chi connectivity index (χ2v) is 14.3. The van der Waals surface area contributed by atoms with Gasteiger partial charge < -0.3 is 24.9 Å². The second kappa shape index (κ2) is 14.2. The number of benzene rings is 3. The third-order valence-electron chi connectivity index (χ3n) is 10.9. The fourth-order valence-corrected chi connectivity index (χ4v) is 8.44. The van der Waals surface area contributed by atoms with Crippen LogP contribution in [0.15, 0.2) is 53.1 Å². The molecule has 53 heavy (non-hydrogen) atoms. The lowest BCUT2D eigenvalue weighted by Gasteiger charge is -2.24. The summed E-state index contributed by atoms with van der Waals surface area (Å²) < 4.78 is 12.0. The normalized spacial score (nSPS) is 19.7. The van der Waals surface area contributed by atoms with E-state index in [1.54, 1.807) is 13.3 Å². The molecule has 270 valence electrons. The number of carboxylic acid groups (broad SMARTS) is 1. The van der Waals surface area contributed by atoms with E-state index in [-0.39, 0.29) is 23.9 Å². The molecule has 0 radical (unpaired) electrons. The number of methoxy groups -OCH3 is 1. The van der Waals surface area contributed by atoms with Crippen molar-refractivity contribution in [3.05, 3.63) is 81.6 Å². The Labute approximate surface area is 311 Å². The number of aliphatic carboxylic acids is 1. The minimum Gasteiger partial charge on any atom is -0.481 e. The Morgan fingerprint density at radius 1 is 1.13 bits per heavy atom. The van der Waals surface area contributed by atoms with E-state index in [9.17, 15) is 20.0 Å². The highest BCUT2D eigenvalue weighted by atomic mass is 35.5. The number of carboxylic acids is 1. The monoisotopic (exact) mass is 731 g/mol. The molecule has 2 saturated heterocycles. The third-order valence-corrected chi connectivity index (χ3v) is 11.3. The van der Waals surface area contributed by atoms with Crippen molar-refractivity contribution in [2.75, 3.05) is 26.7 Å². The average Bonchev–Trinajstić information content (AvgIpc) is 3.98. The molecule has 3 atom stereocenters. The first-order valence-electron chi connectivity index (χ1n) is 17.9. The molecule has 0 saturated carbocycles. The quantitative estimate of drug-likeness (QED) is 0.149. The van der Waals surface area contributed by atoms with Gasteiger partial charge >= 0.3 is 5.97 Å². The molecule has 1 aliphatic carbocycles. The van der Waals surface area contributed by atoms with Crippen LogP contribution in [0.2, 0.25) is 5.02 Å². The Morgan fingerprint density at radius 3 is 2.66 bits per heavy atom. The number of fused-ring (bicyclic) bond motifs is 2. The molecule has 0 spiro atoms. The summed E-state index contributed by atoms with van der Waals surface area (Å²) in [5, 5.41) is 26.6. The Balaban J connectivity index is 1.08. The average molecular weight is 732 g/mol. The maximum absolute atomic E-state index is 11.6. The van der Waals surface area contributed by atoms with Gasteiger partial charge in [-0.05, 0) is 73.5 Å². The van der Waals surface area contributed by atoms with Crippen LogP contribution in [0.1, 0.15) is 59.7 Å². The molecule has 2 fully saturated rings. The Hall–Kier alpha value is -5.35. The van der Waals surface area contributed by atoms with Crippen LogP contribution in [0.5, 0.6) is 5.88 Å². The van der Waals surface area contributed by atoms with Crippen LogP contribution in [0.25, 0.3) is 44.9 Å². The van der Waals surface area contributed by atoms with Gasteiger partial charge in [0.05, 0.1) is 35.5 Å². The zero-order valence-corrected chi connectivity index (χ0v) is 30.2. The van der Waals surface area contributed by atoms with E-state index in [1.807, 2.05) is 49.4 Å². The summed E-state index contributed by atoms with van der Waals surface area (Å²) in [6.45, 7) is 4.31. The Bertz CT molecular complexity index is 2320. The highest BCUT2D eigenvalue weighted by Gasteiger charge is 2.37. The molecule has 2 aliphatic heterocycles. The number of nitrogens with one attached hydrogen (secondary N) is 2. The fraction of sp³-hybridized carbons (Fsp3) is 0.350. The van der Waals surface area contributed by atoms with Crippen LogP contribution in [-0.2, 0) is 22.6 Å². The number of oxazole rings is 1. The molecule has 12 nitrogen and oxygen atoms in total. The number of nitriles is 1. The lowest BCUT2D eigenvalue weighted by molar-refractivity contribution is -0.141. The van der Waals surface area contributed by atoms with E-state index in [1.165, 1.54) is 0 Å². The fourth-order valence-electron chi connectivity index (χ4n) is 8.13. The van der Waals surface area contributed by atoms with Crippen molar-refractivity contribution in [1.29, 1.82) is 5.26 Å². The zero-order valence-electron chi connectivity index (χ0n) is 29.4. The van der Waals surface area contributed by atoms with E-state index >= 15 is 0 Å². The topological polar surface area (TPSA) is 166 Å². The van der Waals surface area contributed by atoms with Crippen molar-refractivity contribution in [3.63, 3.8) is 0 Å². The maximum atomic E-state index is 11.6. The smallest absolute Gasteiger partial charge is 0.307 e. The number of likely N-dealkylation sites (tertiary alicyclic amines) is 1. The van der Waals surface area contributed by atoms with E-state index < -0.39 is 5.97 Å². The van der Waals surface area contributed by atoms with Gasteiger partial charge in [0.15, 0.2) is 5.58 Å². The number of hydrogen-bond acceptors (Lipinski definition) is 10. The second-order valence-electron chi connectivity index (χ2n) is 14.0. The molecule has 1 amide bonds. The molecule has 4 heterocycles. The standard InChI is InChI=1S/C40H38ClN7O5/c1-21-24(5-3-6-25(21)32-19-44-33(39(47-32)52-2)18-43-17-23-9-12-35(49)45-23)27-7-4-8-28(36(27)41)38-46-31-15-29-26(30(16-42)37(31)53-38)10-11-34(29)48-14-13-22(20-48)40(50)51/h3-8,15,19,22-23,34,43H,9-14,17-18,20H2,1-2H3,(H,45,49)(H,50,51)/t22-,23+,34-/m1/s1. The summed E-state index contributed by atoms with van der Waals surface area (Å²) in [5.41, 5.74) is 8.90. The van der Waals surface area contributed by atoms with Gasteiger partial charge in [-0.3, -0.25) is 19.5 Å². The molecule has 13 heteroatoms. The molecule has 3 aliphatic rings. The molecular formula is C40H38ClN7O5. The highest BCUT2D eigenvalue weighted by molar-refractivity contribution is 6.36. The van der Waals surface area contributed by atoms with Crippen LogP contribution < -0.4 is 15.4 Å². The third kappa shape index (κ3) is 6.39. The minimum absolute atomic E-state index is 0.0397. The summed E-state index contributed by atoms with van der Waals surface area (Å²) in [6, 6.07) is 16.2. The van der Waals surface area contributed by atoms with Crippen LogP contribution in [-0.4, -0.2) is 69.6 Å². The van der Waals surface area contributed by atoms with Crippen molar-refractivity contribution in [2.24, 2.45) is 5.92 Å². The van der Waals surface area contributed by atoms with Gasteiger partial charge in [0.1, 0.15) is 22.8 Å². The SMILES string of the molecule is COc1nc(-c2cccc(-c3cccc(-c4nc5cc6c(c(C#N)c5o4)CC[C@H]6N4CC[C@@H](C(=O)O)C4)c3Cl)c2C)cnc1CNC[C@@H]1CCC(=O)N1. The number of carbonyl (C=O) groups excluding carboxylic acids is 1. The molecule has 5 aromatic rings. The van der Waals surface area contributed by atoms with Crippen LogP contribution in [0, 0.1) is 24.2 Å². The molecule has 3 N–H and O–H groups in total. The number of hydrogen-bond donors (Lipinski definition) is 3. The van der Waals surface area contributed by atoms with E-state index in [4.69, 9.17) is 30.7 Å². The number of ether oxygens (including phenoxy) is 1. The molecule has 2 aromatic heterocycles. The predicted molar refractivity (Wildman–Crippen MR) is 198 cm³/mol. The minimum atomic E-state index is -0.762. The first-order chi connectivity index (χ1) is 25.7. The molecular weight excluding hydrogens is 694 g/mol. The molecule has 8 rings (SSSR count). The van der Waals surface area contributed by atoms with Gasteiger partial charge in [-0.25, -0.2) is 9.97 Å². The van der Waals surface area contributed by atoms with Gasteiger partial charge in [-0.2, -0.15) is 5.26 Å². The molecule has 0 bridgehead atoms. The predicted octanol–water partition coefficient (Wildman–Crippen LogP) is 6.22. The number of halogens is 1. The number of amides is 1. The van der Waals surface area contributed by atoms with Crippen molar-refractivity contribution in [3.8, 4) is 45.8 Å². The summed E-state index contributed by atoms with van der Waals surface area (Å²) in [7, 11) is 1.57. The lowest BCUT2D eigenvalue weighted by Crippen LogP contribution is -2.35. The Morgan fingerprint density at radius 2 is 1.92 bits per heavy atom. The van der Waals surface area contributed by atoms with Crippen molar-refractivity contribution < 1.29 is 23.8 Å². The molecule has 3 aromatic carbocycles.